The highest BCUT2D eigenvalue weighted by molar-refractivity contribution is 5.94. The molecule has 1 fully saturated rings. The van der Waals surface area contributed by atoms with Gasteiger partial charge in [0, 0.05) is 36.2 Å². The zero-order valence-electron chi connectivity index (χ0n) is 24.8. The number of hydrogen-bond acceptors (Lipinski definition) is 6. The summed E-state index contributed by atoms with van der Waals surface area (Å²) >= 11 is 0. The van der Waals surface area contributed by atoms with Crippen molar-refractivity contribution in [2.45, 2.75) is 84.6 Å². The van der Waals surface area contributed by atoms with Gasteiger partial charge >= 0.3 is 11.9 Å². The molecule has 0 spiro atoms. The molecule has 0 amide bonds. The van der Waals surface area contributed by atoms with E-state index in [1.807, 2.05) is 0 Å². The van der Waals surface area contributed by atoms with Crippen molar-refractivity contribution in [2.75, 3.05) is 0 Å². The van der Waals surface area contributed by atoms with E-state index in [-0.39, 0.29) is 40.8 Å². The lowest BCUT2D eigenvalue weighted by Crippen LogP contribution is -2.38. The number of halogens is 2. The number of esters is 1. The van der Waals surface area contributed by atoms with Gasteiger partial charge in [0.05, 0.1) is 11.8 Å². The number of carbonyl (C=O) groups is 2. The van der Waals surface area contributed by atoms with E-state index in [4.69, 9.17) is 4.74 Å². The fraction of sp³-hybridized carbons (Fsp3) is 0.424. The molecule has 2 N–H and O–H groups in total. The third-order valence-corrected chi connectivity index (χ3v) is 8.00. The normalized spacial score (nSPS) is 15.6. The Hall–Kier alpha value is -3.85. The molecule has 1 aliphatic rings. The number of ether oxygens (including phenoxy) is 1. The summed E-state index contributed by atoms with van der Waals surface area (Å²) in [5.41, 5.74) is 0.141. The van der Waals surface area contributed by atoms with E-state index in [9.17, 15) is 24.2 Å². The number of aliphatic carboxylic acids is 1. The predicted molar refractivity (Wildman–Crippen MR) is 156 cm³/mol. The number of pyridine rings is 1. The number of carbonyl (C=O) groups excluding carboxylic acids is 1. The molecule has 2 atom stereocenters. The van der Waals surface area contributed by atoms with Crippen LogP contribution in [-0.2, 0) is 11.3 Å². The van der Waals surface area contributed by atoms with Gasteiger partial charge in [-0.25, -0.2) is 23.4 Å². The van der Waals surface area contributed by atoms with Crippen LogP contribution in [-0.4, -0.2) is 49.8 Å². The van der Waals surface area contributed by atoms with Gasteiger partial charge in [-0.3, -0.25) is 4.90 Å². The molecule has 0 unspecified atom stereocenters. The Labute approximate surface area is 245 Å². The molecule has 9 heteroatoms. The minimum Gasteiger partial charge on any atom is -0.493 e. The van der Waals surface area contributed by atoms with Crippen LogP contribution in [0.2, 0.25) is 0 Å². The van der Waals surface area contributed by atoms with E-state index in [0.29, 0.717) is 28.8 Å². The SMILES string of the molecule is Cc1cc(-c2cc(O)ncc2F)c(CN(C(C)C)C(C)C)cc1C(=O)Oc1cccc([C@H](C2CC2)[C@@](C)(F)C(=O)O)c1. The maximum Gasteiger partial charge on any atom is 0.343 e. The van der Waals surface area contributed by atoms with Crippen LogP contribution in [0.25, 0.3) is 11.1 Å². The zero-order chi connectivity index (χ0) is 30.9. The number of alkyl halides is 1. The molecule has 1 heterocycles. The average Bonchev–Trinajstić information content (AvgIpc) is 3.73. The monoisotopic (exact) mass is 580 g/mol. The molecule has 3 aromatic rings. The fourth-order valence-electron chi connectivity index (χ4n) is 5.67. The summed E-state index contributed by atoms with van der Waals surface area (Å²) in [4.78, 5) is 31.0. The first kappa shape index (κ1) is 31.1. The smallest absolute Gasteiger partial charge is 0.343 e. The number of hydrogen-bond donors (Lipinski definition) is 2. The van der Waals surface area contributed by atoms with Crippen molar-refractivity contribution in [3.05, 3.63) is 76.7 Å². The van der Waals surface area contributed by atoms with Gasteiger partial charge < -0.3 is 14.9 Å². The third-order valence-electron chi connectivity index (χ3n) is 8.00. The minimum absolute atomic E-state index is 0.0997. The average molecular weight is 581 g/mol. The fourth-order valence-corrected chi connectivity index (χ4v) is 5.67. The molecule has 42 heavy (non-hydrogen) atoms. The summed E-state index contributed by atoms with van der Waals surface area (Å²) in [6.07, 6.45) is 2.42. The van der Waals surface area contributed by atoms with Gasteiger partial charge in [-0.1, -0.05) is 18.2 Å². The molecule has 7 nitrogen and oxygen atoms in total. The van der Waals surface area contributed by atoms with Crippen LogP contribution in [0.4, 0.5) is 8.78 Å². The maximum absolute atomic E-state index is 15.3. The molecule has 0 radical (unpaired) electrons. The lowest BCUT2D eigenvalue weighted by molar-refractivity contribution is -0.151. The maximum atomic E-state index is 15.3. The standard InChI is InChI=1S/C33H38F2N2O5/c1-18(2)37(19(3)4)17-23-14-25(20(5)12-26(23)27-15-29(38)36-16-28(27)34)31(39)42-24-9-7-8-22(13-24)30(21-10-11-21)33(6,35)32(40)41/h7-9,12-16,18-19,21,30H,10-11,17H2,1-6H3,(H,36,38)(H,40,41)/t30-,33+/m0/s1. The van der Waals surface area contributed by atoms with Crippen LogP contribution in [0.1, 0.15) is 80.4 Å². The van der Waals surface area contributed by atoms with E-state index in [1.54, 1.807) is 37.3 Å². The molecular weight excluding hydrogens is 542 g/mol. The van der Waals surface area contributed by atoms with Gasteiger partial charge in [0.2, 0.25) is 11.5 Å². The molecule has 224 valence electrons. The highest BCUT2D eigenvalue weighted by Crippen LogP contribution is 2.50. The Bertz CT molecular complexity index is 1480. The summed E-state index contributed by atoms with van der Waals surface area (Å²) in [7, 11) is 0. The second kappa shape index (κ2) is 12.2. The molecule has 0 saturated heterocycles. The van der Waals surface area contributed by atoms with Crippen molar-refractivity contribution in [2.24, 2.45) is 5.92 Å². The summed E-state index contributed by atoms with van der Waals surface area (Å²) in [6.45, 7) is 11.4. The van der Waals surface area contributed by atoms with Crippen molar-refractivity contribution in [1.29, 1.82) is 0 Å². The van der Waals surface area contributed by atoms with Gasteiger partial charge in [-0.2, -0.15) is 0 Å². The van der Waals surface area contributed by atoms with Gasteiger partial charge in [-0.15, -0.1) is 0 Å². The van der Waals surface area contributed by atoms with Gasteiger partial charge in [0.15, 0.2) is 0 Å². The molecule has 1 aromatic heterocycles. The minimum atomic E-state index is -2.47. The van der Waals surface area contributed by atoms with Crippen LogP contribution in [0.5, 0.6) is 11.6 Å². The largest absolute Gasteiger partial charge is 0.493 e. The Kier molecular flexibility index (Phi) is 9.01. The molecule has 1 saturated carbocycles. The van der Waals surface area contributed by atoms with Crippen molar-refractivity contribution in [1.82, 2.24) is 9.88 Å². The second-order valence-corrected chi connectivity index (χ2v) is 11.9. The summed E-state index contributed by atoms with van der Waals surface area (Å²) in [6, 6.07) is 11.3. The Balaban J connectivity index is 1.72. The number of rotatable bonds is 11. The first-order valence-electron chi connectivity index (χ1n) is 14.2. The molecule has 1 aliphatic carbocycles. The highest BCUT2D eigenvalue weighted by atomic mass is 19.1. The quantitative estimate of drug-likeness (QED) is 0.185. The van der Waals surface area contributed by atoms with E-state index >= 15 is 4.39 Å². The van der Waals surface area contributed by atoms with E-state index in [1.165, 1.54) is 12.1 Å². The van der Waals surface area contributed by atoms with Crippen molar-refractivity contribution >= 4 is 11.9 Å². The zero-order valence-corrected chi connectivity index (χ0v) is 24.8. The van der Waals surface area contributed by atoms with Crippen LogP contribution in [0.3, 0.4) is 0 Å². The lowest BCUT2D eigenvalue weighted by Gasteiger charge is -2.31. The number of benzene rings is 2. The van der Waals surface area contributed by atoms with Crippen LogP contribution in [0.15, 0.2) is 48.7 Å². The van der Waals surface area contributed by atoms with Crippen LogP contribution < -0.4 is 4.74 Å². The van der Waals surface area contributed by atoms with Gasteiger partial charge in [0.25, 0.3) is 0 Å². The predicted octanol–water partition coefficient (Wildman–Crippen LogP) is 7.05. The van der Waals surface area contributed by atoms with E-state index in [0.717, 1.165) is 26.0 Å². The number of carboxylic acids is 1. The Morgan fingerprint density at radius 1 is 1.10 bits per heavy atom. The van der Waals surface area contributed by atoms with Crippen molar-refractivity contribution in [3.8, 4) is 22.8 Å². The molecule has 4 rings (SSSR count). The number of aromatic nitrogens is 1. The van der Waals surface area contributed by atoms with Gasteiger partial charge in [0.1, 0.15) is 11.6 Å². The van der Waals surface area contributed by atoms with Gasteiger partial charge in [-0.05, 0) is 101 Å². The lowest BCUT2D eigenvalue weighted by atomic mass is 9.81. The highest BCUT2D eigenvalue weighted by Gasteiger charge is 2.50. The molecule has 0 bridgehead atoms. The molecule has 2 aromatic carbocycles. The summed E-state index contributed by atoms with van der Waals surface area (Å²) in [5.74, 6) is -3.90. The topological polar surface area (TPSA) is 100.0 Å². The second-order valence-electron chi connectivity index (χ2n) is 11.9. The number of aromatic hydroxyl groups is 1. The Morgan fingerprint density at radius 2 is 1.76 bits per heavy atom. The van der Waals surface area contributed by atoms with Crippen LogP contribution >= 0.6 is 0 Å². The first-order chi connectivity index (χ1) is 19.7. The number of nitrogens with zero attached hydrogens (tertiary/aromatic N) is 2. The summed E-state index contributed by atoms with van der Waals surface area (Å²) in [5, 5.41) is 19.5. The summed E-state index contributed by atoms with van der Waals surface area (Å²) < 4.78 is 36.0. The third kappa shape index (κ3) is 6.62. The number of carboxylic acid groups (broad SMARTS) is 1. The van der Waals surface area contributed by atoms with Crippen LogP contribution in [0, 0.1) is 18.7 Å². The van der Waals surface area contributed by atoms with Crippen molar-refractivity contribution < 1.29 is 33.3 Å². The van der Waals surface area contributed by atoms with Crippen molar-refractivity contribution in [3.63, 3.8) is 0 Å². The molecule has 0 aliphatic heterocycles. The number of aryl methyl sites for hydroxylation is 1. The first-order valence-corrected chi connectivity index (χ1v) is 14.2. The molecular formula is C33H38F2N2O5. The Morgan fingerprint density at radius 3 is 2.36 bits per heavy atom. The van der Waals surface area contributed by atoms with E-state index < -0.39 is 29.3 Å². The van der Waals surface area contributed by atoms with E-state index in [2.05, 4.69) is 37.6 Å².